The van der Waals surface area contributed by atoms with E-state index in [1.165, 1.54) is 4.68 Å². The highest BCUT2D eigenvalue weighted by atomic mass is 16.3. The lowest BCUT2D eigenvalue weighted by molar-refractivity contribution is 0.226. The molecule has 18 heavy (non-hydrogen) atoms. The molecule has 0 bridgehead atoms. The minimum absolute atomic E-state index is 0.103. The summed E-state index contributed by atoms with van der Waals surface area (Å²) in [6.45, 7) is 1.66. The lowest BCUT2D eigenvalue weighted by Gasteiger charge is -2.14. The second kappa shape index (κ2) is 4.78. The van der Waals surface area contributed by atoms with E-state index >= 15 is 0 Å². The van der Waals surface area contributed by atoms with Gasteiger partial charge in [0.2, 0.25) is 0 Å². The molecule has 0 saturated heterocycles. The summed E-state index contributed by atoms with van der Waals surface area (Å²) >= 11 is 0. The minimum atomic E-state index is -0.310. The molecule has 1 atom stereocenters. The van der Waals surface area contributed by atoms with Crippen LogP contribution in [0, 0.1) is 0 Å². The number of aliphatic hydroxyl groups excluding tert-OH is 1. The van der Waals surface area contributed by atoms with E-state index < -0.39 is 0 Å². The molecule has 2 rings (SSSR count). The maximum Gasteiger partial charge on any atom is 0.274 e. The predicted octanol–water partition coefficient (Wildman–Crippen LogP) is 1.02. The van der Waals surface area contributed by atoms with Gasteiger partial charge in [-0.25, -0.2) is 4.68 Å². The van der Waals surface area contributed by atoms with Crippen LogP contribution in [-0.4, -0.2) is 35.6 Å². The first-order valence-corrected chi connectivity index (χ1v) is 5.84. The summed E-state index contributed by atoms with van der Waals surface area (Å²) in [5.74, 6) is 0. The second-order valence-corrected chi connectivity index (χ2v) is 4.59. The van der Waals surface area contributed by atoms with Crippen molar-refractivity contribution in [2.24, 2.45) is 0 Å². The fourth-order valence-corrected chi connectivity index (χ4v) is 1.82. The van der Waals surface area contributed by atoms with Crippen molar-refractivity contribution in [3.63, 3.8) is 0 Å². The van der Waals surface area contributed by atoms with E-state index in [0.29, 0.717) is 5.39 Å². The fraction of sp³-hybridized carbons (Fsp3) is 0.385. The van der Waals surface area contributed by atoms with Crippen LogP contribution < -0.4 is 10.5 Å². The molecule has 0 fully saturated rings. The molecule has 1 aromatic heterocycles. The predicted molar refractivity (Wildman–Crippen MR) is 72.1 cm³/mol. The molecule has 5 heteroatoms. The third-order valence-corrected chi connectivity index (χ3v) is 2.99. The van der Waals surface area contributed by atoms with Crippen molar-refractivity contribution >= 4 is 16.5 Å². The summed E-state index contributed by atoms with van der Waals surface area (Å²) in [7, 11) is 3.90. The first-order valence-electron chi connectivity index (χ1n) is 5.84. The van der Waals surface area contributed by atoms with E-state index in [0.717, 1.165) is 11.1 Å². The first-order chi connectivity index (χ1) is 8.54. The summed E-state index contributed by atoms with van der Waals surface area (Å²) in [4.78, 5) is 14.2. The van der Waals surface area contributed by atoms with E-state index in [9.17, 15) is 4.79 Å². The number of nitrogens with zero attached hydrogens (tertiary/aromatic N) is 3. The molecule has 5 nitrogen and oxygen atoms in total. The Hall–Kier alpha value is -1.88. The van der Waals surface area contributed by atoms with Gasteiger partial charge in [-0.15, -0.1) is 0 Å². The molecule has 0 aliphatic carbocycles. The Kier molecular flexibility index (Phi) is 3.34. The number of rotatable bonds is 3. The fourth-order valence-electron chi connectivity index (χ4n) is 1.82. The number of anilines is 1. The average Bonchev–Trinajstić information content (AvgIpc) is 2.37. The van der Waals surface area contributed by atoms with Gasteiger partial charge < -0.3 is 10.0 Å². The van der Waals surface area contributed by atoms with E-state index in [1.54, 1.807) is 19.2 Å². The Morgan fingerprint density at radius 2 is 2.17 bits per heavy atom. The summed E-state index contributed by atoms with van der Waals surface area (Å²) in [6, 6.07) is 5.32. The highest BCUT2D eigenvalue weighted by molar-refractivity contribution is 5.84. The standard InChI is InChI=1S/C13H17N3O2/c1-9(8-17)16-13(18)12-5-4-11(15(2)3)6-10(12)7-14-16/h4-7,9,17H,8H2,1-3H3. The molecule has 0 amide bonds. The maximum absolute atomic E-state index is 12.2. The maximum atomic E-state index is 12.2. The van der Waals surface area contributed by atoms with Crippen LogP contribution in [0.4, 0.5) is 5.69 Å². The third-order valence-electron chi connectivity index (χ3n) is 2.99. The number of aromatic nitrogens is 2. The number of aliphatic hydroxyl groups is 1. The van der Waals surface area contributed by atoms with Crippen molar-refractivity contribution in [2.75, 3.05) is 25.6 Å². The molecule has 1 N–H and O–H groups in total. The highest BCUT2D eigenvalue weighted by Gasteiger charge is 2.10. The lowest BCUT2D eigenvalue weighted by Crippen LogP contribution is -2.27. The molecule has 1 aromatic carbocycles. The van der Waals surface area contributed by atoms with Gasteiger partial charge in [0.1, 0.15) is 0 Å². The zero-order chi connectivity index (χ0) is 13.3. The largest absolute Gasteiger partial charge is 0.394 e. The van der Waals surface area contributed by atoms with Crippen molar-refractivity contribution in [1.29, 1.82) is 0 Å². The van der Waals surface area contributed by atoms with Crippen LogP contribution in [0.2, 0.25) is 0 Å². The molecule has 1 heterocycles. The minimum Gasteiger partial charge on any atom is -0.394 e. The van der Waals surface area contributed by atoms with Gasteiger partial charge >= 0.3 is 0 Å². The lowest BCUT2D eigenvalue weighted by atomic mass is 10.1. The molecule has 0 saturated carbocycles. The van der Waals surface area contributed by atoms with Crippen molar-refractivity contribution < 1.29 is 5.11 Å². The smallest absolute Gasteiger partial charge is 0.274 e. The van der Waals surface area contributed by atoms with Gasteiger partial charge in [-0.3, -0.25) is 4.79 Å². The summed E-state index contributed by atoms with van der Waals surface area (Å²) in [6.07, 6.45) is 1.66. The molecule has 0 aliphatic rings. The van der Waals surface area contributed by atoms with Gasteiger partial charge in [-0.2, -0.15) is 5.10 Å². The van der Waals surface area contributed by atoms with Crippen LogP contribution in [0.3, 0.4) is 0 Å². The SMILES string of the molecule is CC(CO)n1ncc2cc(N(C)C)ccc2c1=O. The molecule has 96 valence electrons. The number of benzene rings is 1. The monoisotopic (exact) mass is 247 g/mol. The van der Waals surface area contributed by atoms with Gasteiger partial charge in [0.05, 0.1) is 24.2 Å². The zero-order valence-electron chi connectivity index (χ0n) is 10.8. The van der Waals surface area contributed by atoms with Gasteiger partial charge in [0.25, 0.3) is 5.56 Å². The van der Waals surface area contributed by atoms with E-state index in [-0.39, 0.29) is 18.2 Å². The highest BCUT2D eigenvalue weighted by Crippen LogP contribution is 2.18. The van der Waals surface area contributed by atoms with E-state index in [1.807, 2.05) is 31.1 Å². The molecular weight excluding hydrogens is 230 g/mol. The molecule has 2 aromatic rings. The molecule has 0 radical (unpaired) electrons. The van der Waals surface area contributed by atoms with Gasteiger partial charge in [-0.1, -0.05) is 0 Å². The second-order valence-electron chi connectivity index (χ2n) is 4.59. The normalized spacial score (nSPS) is 12.7. The Labute approximate surface area is 105 Å². The zero-order valence-corrected chi connectivity index (χ0v) is 10.8. The molecular formula is C13H17N3O2. The molecule has 0 spiro atoms. The van der Waals surface area contributed by atoms with Gasteiger partial charge in [-0.05, 0) is 25.1 Å². The average molecular weight is 247 g/mol. The molecule has 1 unspecified atom stereocenters. The van der Waals surface area contributed by atoms with Crippen molar-refractivity contribution in [3.05, 3.63) is 34.7 Å². The Balaban J connectivity index is 2.63. The summed E-state index contributed by atoms with van der Waals surface area (Å²) in [5, 5.41) is 14.6. The van der Waals surface area contributed by atoms with Crippen LogP contribution in [-0.2, 0) is 0 Å². The quantitative estimate of drug-likeness (QED) is 0.879. The van der Waals surface area contributed by atoms with Crippen molar-refractivity contribution in [2.45, 2.75) is 13.0 Å². The van der Waals surface area contributed by atoms with Crippen molar-refractivity contribution in [1.82, 2.24) is 9.78 Å². The summed E-state index contributed by atoms with van der Waals surface area (Å²) in [5.41, 5.74) is 0.857. The van der Waals surface area contributed by atoms with Crippen LogP contribution >= 0.6 is 0 Å². The van der Waals surface area contributed by atoms with Gasteiger partial charge in [0.15, 0.2) is 0 Å². The van der Waals surface area contributed by atoms with Crippen LogP contribution in [0.25, 0.3) is 10.8 Å². The van der Waals surface area contributed by atoms with Crippen LogP contribution in [0.1, 0.15) is 13.0 Å². The topological polar surface area (TPSA) is 58.4 Å². The Bertz CT molecular complexity index is 619. The number of fused-ring (bicyclic) bond motifs is 1. The van der Waals surface area contributed by atoms with Gasteiger partial charge in [0, 0.05) is 25.2 Å². The number of hydrogen-bond acceptors (Lipinski definition) is 4. The Morgan fingerprint density at radius 1 is 1.44 bits per heavy atom. The third kappa shape index (κ3) is 2.09. The molecule has 0 aliphatic heterocycles. The van der Waals surface area contributed by atoms with Crippen LogP contribution in [0.15, 0.2) is 29.2 Å². The Morgan fingerprint density at radius 3 is 2.78 bits per heavy atom. The summed E-state index contributed by atoms with van der Waals surface area (Å²) < 4.78 is 1.32. The van der Waals surface area contributed by atoms with Crippen LogP contribution in [0.5, 0.6) is 0 Å². The van der Waals surface area contributed by atoms with E-state index in [2.05, 4.69) is 5.10 Å². The number of hydrogen-bond donors (Lipinski definition) is 1. The van der Waals surface area contributed by atoms with Crippen molar-refractivity contribution in [3.8, 4) is 0 Å². The van der Waals surface area contributed by atoms with E-state index in [4.69, 9.17) is 5.11 Å². The first kappa shape index (κ1) is 12.6.